The van der Waals surface area contributed by atoms with Crippen molar-refractivity contribution in [1.29, 1.82) is 0 Å². The zero-order valence-electron chi connectivity index (χ0n) is 14.5. The Morgan fingerprint density at radius 3 is 2.60 bits per heavy atom. The molecule has 0 spiro atoms. The molecule has 7 heteroatoms. The number of hydrogen-bond acceptors (Lipinski definition) is 3. The molecule has 0 radical (unpaired) electrons. The number of carbonyl (C=O) groups excluding carboxylic acids is 2. The van der Waals surface area contributed by atoms with Crippen LogP contribution in [0.2, 0.25) is 0 Å². The number of rotatable bonds is 5. The average molecular weight is 346 g/mol. The molecule has 25 heavy (non-hydrogen) atoms. The van der Waals surface area contributed by atoms with Crippen LogP contribution in [0.25, 0.3) is 0 Å². The van der Waals surface area contributed by atoms with Gasteiger partial charge in [0.2, 0.25) is 0 Å². The van der Waals surface area contributed by atoms with Gasteiger partial charge < -0.3 is 26.0 Å². The Labute approximate surface area is 147 Å². The van der Waals surface area contributed by atoms with Gasteiger partial charge in [-0.2, -0.15) is 0 Å². The number of anilines is 1. The SMILES string of the molecule is C[C@H](NC(=O)N1CCC[C@H]1CO)c1ccc(NC(=O)NC2CC2)cc1. The molecule has 1 heterocycles. The van der Waals surface area contributed by atoms with Gasteiger partial charge >= 0.3 is 12.1 Å². The summed E-state index contributed by atoms with van der Waals surface area (Å²) in [7, 11) is 0. The molecule has 1 saturated heterocycles. The van der Waals surface area contributed by atoms with E-state index in [2.05, 4.69) is 16.0 Å². The molecule has 1 aliphatic carbocycles. The minimum Gasteiger partial charge on any atom is -0.394 e. The van der Waals surface area contributed by atoms with Crippen molar-refractivity contribution in [2.24, 2.45) is 0 Å². The minimum atomic E-state index is -0.180. The molecule has 2 fully saturated rings. The van der Waals surface area contributed by atoms with Crippen LogP contribution in [0.3, 0.4) is 0 Å². The van der Waals surface area contributed by atoms with E-state index in [1.54, 1.807) is 4.90 Å². The van der Waals surface area contributed by atoms with Gasteiger partial charge in [0.05, 0.1) is 18.7 Å². The third kappa shape index (κ3) is 4.63. The van der Waals surface area contributed by atoms with Gasteiger partial charge in [-0.05, 0) is 50.3 Å². The lowest BCUT2D eigenvalue weighted by Crippen LogP contribution is -2.44. The number of likely N-dealkylation sites (tertiary alicyclic amines) is 1. The van der Waals surface area contributed by atoms with Gasteiger partial charge in [0.1, 0.15) is 0 Å². The lowest BCUT2D eigenvalue weighted by Gasteiger charge is -2.25. The Bertz CT molecular complexity index is 615. The maximum Gasteiger partial charge on any atom is 0.319 e. The Morgan fingerprint density at radius 2 is 1.96 bits per heavy atom. The molecule has 3 rings (SSSR count). The van der Waals surface area contributed by atoms with E-state index < -0.39 is 0 Å². The fourth-order valence-electron chi connectivity index (χ4n) is 3.08. The van der Waals surface area contributed by atoms with E-state index in [0.717, 1.165) is 36.9 Å². The van der Waals surface area contributed by atoms with Crippen molar-refractivity contribution in [2.75, 3.05) is 18.5 Å². The van der Waals surface area contributed by atoms with E-state index in [0.29, 0.717) is 12.6 Å². The van der Waals surface area contributed by atoms with Gasteiger partial charge in [0, 0.05) is 18.3 Å². The quantitative estimate of drug-likeness (QED) is 0.658. The van der Waals surface area contributed by atoms with Gasteiger partial charge in [-0.3, -0.25) is 0 Å². The number of nitrogens with zero attached hydrogens (tertiary/aromatic N) is 1. The molecular formula is C18H26N4O3. The molecule has 4 N–H and O–H groups in total. The van der Waals surface area contributed by atoms with Crippen molar-refractivity contribution in [2.45, 2.75) is 50.7 Å². The van der Waals surface area contributed by atoms with Crippen LogP contribution in [-0.2, 0) is 0 Å². The van der Waals surface area contributed by atoms with E-state index in [4.69, 9.17) is 0 Å². The van der Waals surface area contributed by atoms with E-state index in [1.165, 1.54) is 0 Å². The number of carbonyl (C=O) groups is 2. The van der Waals surface area contributed by atoms with E-state index >= 15 is 0 Å². The van der Waals surface area contributed by atoms with Crippen molar-refractivity contribution in [3.8, 4) is 0 Å². The molecule has 1 aromatic carbocycles. The number of aliphatic hydroxyl groups is 1. The fraction of sp³-hybridized carbons (Fsp3) is 0.556. The first-order valence-electron chi connectivity index (χ1n) is 8.92. The Balaban J connectivity index is 1.52. The molecule has 0 unspecified atom stereocenters. The standard InChI is InChI=1S/C18H26N4O3/c1-12(19-18(25)22-10-2-3-16(22)11-23)13-4-6-14(7-5-13)20-17(24)21-15-8-9-15/h4-7,12,15-16,23H,2-3,8-11H2,1H3,(H,19,25)(H2,20,21,24)/t12-,16-/m0/s1. The second kappa shape index (κ2) is 7.74. The smallest absolute Gasteiger partial charge is 0.319 e. The van der Waals surface area contributed by atoms with Gasteiger partial charge in [-0.25, -0.2) is 9.59 Å². The number of benzene rings is 1. The van der Waals surface area contributed by atoms with Crippen LogP contribution < -0.4 is 16.0 Å². The highest BCUT2D eigenvalue weighted by Gasteiger charge is 2.28. The zero-order chi connectivity index (χ0) is 17.8. The summed E-state index contributed by atoms with van der Waals surface area (Å²) in [6.07, 6.45) is 3.88. The van der Waals surface area contributed by atoms with E-state index in [9.17, 15) is 14.7 Å². The van der Waals surface area contributed by atoms with Crippen molar-refractivity contribution in [1.82, 2.24) is 15.5 Å². The summed E-state index contributed by atoms with van der Waals surface area (Å²) in [5, 5.41) is 18.0. The summed E-state index contributed by atoms with van der Waals surface area (Å²) in [5.74, 6) is 0. The highest BCUT2D eigenvalue weighted by Crippen LogP contribution is 2.21. The third-order valence-electron chi connectivity index (χ3n) is 4.77. The molecule has 1 saturated carbocycles. The second-order valence-corrected chi connectivity index (χ2v) is 6.84. The fourth-order valence-corrected chi connectivity index (χ4v) is 3.08. The van der Waals surface area contributed by atoms with Crippen LogP contribution in [0.5, 0.6) is 0 Å². The predicted molar refractivity (Wildman–Crippen MR) is 95.4 cm³/mol. The first kappa shape index (κ1) is 17.5. The maximum absolute atomic E-state index is 12.4. The van der Waals surface area contributed by atoms with Gasteiger partial charge in [-0.15, -0.1) is 0 Å². The normalized spacial score (nSPS) is 20.9. The van der Waals surface area contributed by atoms with Crippen LogP contribution in [-0.4, -0.2) is 47.3 Å². The monoisotopic (exact) mass is 346 g/mol. The van der Waals surface area contributed by atoms with Crippen molar-refractivity contribution >= 4 is 17.7 Å². The van der Waals surface area contributed by atoms with Crippen LogP contribution in [0.4, 0.5) is 15.3 Å². The number of nitrogens with one attached hydrogen (secondary N) is 3. The molecule has 1 aliphatic heterocycles. The van der Waals surface area contributed by atoms with Gasteiger partial charge in [-0.1, -0.05) is 12.1 Å². The van der Waals surface area contributed by atoms with Crippen LogP contribution in [0.15, 0.2) is 24.3 Å². The highest BCUT2D eigenvalue weighted by atomic mass is 16.3. The Kier molecular flexibility index (Phi) is 5.43. The first-order valence-corrected chi connectivity index (χ1v) is 8.92. The number of amides is 4. The van der Waals surface area contributed by atoms with Crippen LogP contribution in [0.1, 0.15) is 44.2 Å². The van der Waals surface area contributed by atoms with Crippen LogP contribution in [0, 0.1) is 0 Å². The molecule has 0 aromatic heterocycles. The summed E-state index contributed by atoms with van der Waals surface area (Å²) in [6, 6.07) is 7.22. The zero-order valence-corrected chi connectivity index (χ0v) is 14.5. The number of hydrogen-bond donors (Lipinski definition) is 4. The summed E-state index contributed by atoms with van der Waals surface area (Å²) >= 11 is 0. The predicted octanol–water partition coefficient (Wildman–Crippen LogP) is 2.20. The largest absolute Gasteiger partial charge is 0.394 e. The molecule has 2 aliphatic rings. The first-order chi connectivity index (χ1) is 12.1. The van der Waals surface area contributed by atoms with Crippen LogP contribution >= 0.6 is 0 Å². The molecular weight excluding hydrogens is 320 g/mol. The average Bonchev–Trinajstić information content (AvgIpc) is 3.27. The highest BCUT2D eigenvalue weighted by molar-refractivity contribution is 5.89. The molecule has 1 aromatic rings. The summed E-state index contributed by atoms with van der Waals surface area (Å²) in [6.45, 7) is 2.61. The molecule has 7 nitrogen and oxygen atoms in total. The number of aliphatic hydroxyl groups excluding tert-OH is 1. The van der Waals surface area contributed by atoms with Gasteiger partial charge in [0.15, 0.2) is 0 Å². The minimum absolute atomic E-state index is 0.00505. The molecule has 0 bridgehead atoms. The Morgan fingerprint density at radius 1 is 1.24 bits per heavy atom. The van der Waals surface area contributed by atoms with E-state index in [-0.39, 0.29) is 30.8 Å². The summed E-state index contributed by atoms with van der Waals surface area (Å²) in [5.41, 5.74) is 1.68. The molecule has 4 amide bonds. The maximum atomic E-state index is 12.4. The number of urea groups is 2. The topological polar surface area (TPSA) is 93.7 Å². The van der Waals surface area contributed by atoms with Crippen molar-refractivity contribution in [3.63, 3.8) is 0 Å². The van der Waals surface area contributed by atoms with Gasteiger partial charge in [0.25, 0.3) is 0 Å². The molecule has 2 atom stereocenters. The lowest BCUT2D eigenvalue weighted by molar-refractivity contribution is 0.155. The van der Waals surface area contributed by atoms with Crippen molar-refractivity contribution in [3.05, 3.63) is 29.8 Å². The second-order valence-electron chi connectivity index (χ2n) is 6.84. The van der Waals surface area contributed by atoms with Crippen molar-refractivity contribution < 1.29 is 14.7 Å². The molecule has 136 valence electrons. The Hall–Kier alpha value is -2.28. The third-order valence-corrected chi connectivity index (χ3v) is 4.77. The summed E-state index contributed by atoms with van der Waals surface area (Å²) in [4.78, 5) is 25.8. The summed E-state index contributed by atoms with van der Waals surface area (Å²) < 4.78 is 0. The van der Waals surface area contributed by atoms with E-state index in [1.807, 2.05) is 31.2 Å². The lowest BCUT2D eigenvalue weighted by atomic mass is 10.1.